The van der Waals surface area contributed by atoms with E-state index in [0.29, 0.717) is 12.2 Å². The zero-order valence-corrected chi connectivity index (χ0v) is 11.1. The molecule has 0 saturated heterocycles. The second-order valence-corrected chi connectivity index (χ2v) is 5.08. The van der Waals surface area contributed by atoms with Crippen LogP contribution >= 0.6 is 11.8 Å². The molecule has 0 aromatic heterocycles. The first-order valence-corrected chi connectivity index (χ1v) is 6.38. The highest BCUT2D eigenvalue weighted by molar-refractivity contribution is 8.13. The number of rotatable bonds is 2. The van der Waals surface area contributed by atoms with E-state index >= 15 is 0 Å². The Labute approximate surface area is 106 Å². The van der Waals surface area contributed by atoms with Crippen molar-refractivity contribution >= 4 is 16.9 Å². The third kappa shape index (κ3) is 4.62. The lowest BCUT2D eigenvalue weighted by atomic mass is 10.0. The standard InChI is InChI=1S/C14H15FOS/c1-10-8-13(15)9-11(2)14(10)6-4-5-7-17-12(3)16/h8-9H,5,7H2,1-3H3. The number of benzene rings is 1. The van der Waals surface area contributed by atoms with Crippen LogP contribution in [0.2, 0.25) is 0 Å². The van der Waals surface area contributed by atoms with Crippen LogP contribution in [0, 0.1) is 31.5 Å². The van der Waals surface area contributed by atoms with Crippen LogP contribution in [0.25, 0.3) is 0 Å². The average Bonchev–Trinajstić information content (AvgIpc) is 2.20. The van der Waals surface area contributed by atoms with Crippen LogP contribution in [0.5, 0.6) is 0 Å². The highest BCUT2D eigenvalue weighted by Gasteiger charge is 2.01. The maximum absolute atomic E-state index is 13.1. The molecule has 0 aliphatic carbocycles. The molecule has 1 rings (SSSR count). The normalized spacial score (nSPS) is 9.65. The van der Waals surface area contributed by atoms with Gasteiger partial charge in [-0.3, -0.25) is 4.79 Å². The van der Waals surface area contributed by atoms with Crippen molar-refractivity contribution in [3.8, 4) is 11.8 Å². The van der Waals surface area contributed by atoms with Crippen LogP contribution in [-0.2, 0) is 4.79 Å². The largest absolute Gasteiger partial charge is 0.288 e. The van der Waals surface area contributed by atoms with Crippen LogP contribution in [0.4, 0.5) is 4.39 Å². The molecule has 1 aromatic rings. The Balaban J connectivity index is 2.69. The van der Waals surface area contributed by atoms with E-state index in [1.807, 2.05) is 13.8 Å². The number of carbonyl (C=O) groups is 1. The van der Waals surface area contributed by atoms with Gasteiger partial charge in [-0.05, 0) is 37.1 Å². The van der Waals surface area contributed by atoms with Crippen molar-refractivity contribution in [2.24, 2.45) is 0 Å². The molecule has 90 valence electrons. The van der Waals surface area contributed by atoms with E-state index in [4.69, 9.17) is 0 Å². The number of aryl methyl sites for hydroxylation is 2. The van der Waals surface area contributed by atoms with E-state index in [9.17, 15) is 9.18 Å². The second-order valence-electron chi connectivity index (χ2n) is 3.81. The van der Waals surface area contributed by atoms with Gasteiger partial charge in [0.1, 0.15) is 5.82 Å². The van der Waals surface area contributed by atoms with E-state index in [-0.39, 0.29) is 10.9 Å². The molecular formula is C14H15FOS. The van der Waals surface area contributed by atoms with E-state index in [2.05, 4.69) is 11.8 Å². The molecule has 0 unspecified atom stereocenters. The lowest BCUT2D eigenvalue weighted by molar-refractivity contribution is -0.109. The monoisotopic (exact) mass is 250 g/mol. The summed E-state index contributed by atoms with van der Waals surface area (Å²) in [7, 11) is 0. The maximum atomic E-state index is 13.1. The van der Waals surface area contributed by atoms with E-state index in [0.717, 1.165) is 16.7 Å². The summed E-state index contributed by atoms with van der Waals surface area (Å²) in [5, 5.41) is 0.112. The molecule has 0 heterocycles. The van der Waals surface area contributed by atoms with Crippen molar-refractivity contribution in [3.63, 3.8) is 0 Å². The topological polar surface area (TPSA) is 17.1 Å². The molecular weight excluding hydrogens is 235 g/mol. The quantitative estimate of drug-likeness (QED) is 0.590. The van der Waals surface area contributed by atoms with Gasteiger partial charge in [0.25, 0.3) is 0 Å². The van der Waals surface area contributed by atoms with Gasteiger partial charge in [-0.2, -0.15) is 0 Å². The molecule has 0 bridgehead atoms. The van der Waals surface area contributed by atoms with Gasteiger partial charge in [-0.15, -0.1) is 0 Å². The van der Waals surface area contributed by atoms with E-state index < -0.39 is 0 Å². The molecule has 1 aromatic carbocycles. The first kappa shape index (κ1) is 13.8. The minimum absolute atomic E-state index is 0.112. The summed E-state index contributed by atoms with van der Waals surface area (Å²) in [6.07, 6.45) is 0.667. The van der Waals surface area contributed by atoms with Gasteiger partial charge in [0, 0.05) is 24.7 Å². The molecule has 0 fully saturated rings. The number of hydrogen-bond acceptors (Lipinski definition) is 2. The predicted molar refractivity (Wildman–Crippen MR) is 70.5 cm³/mol. The van der Waals surface area contributed by atoms with Crippen LogP contribution in [0.1, 0.15) is 30.0 Å². The van der Waals surface area contributed by atoms with Crippen molar-refractivity contribution in [1.29, 1.82) is 0 Å². The molecule has 0 aliphatic rings. The van der Waals surface area contributed by atoms with Gasteiger partial charge in [0.15, 0.2) is 5.12 Å². The number of carbonyl (C=O) groups excluding carboxylic acids is 1. The average molecular weight is 250 g/mol. The van der Waals surface area contributed by atoms with Crippen LogP contribution in [-0.4, -0.2) is 10.9 Å². The highest BCUT2D eigenvalue weighted by atomic mass is 32.2. The summed E-state index contributed by atoms with van der Waals surface area (Å²) >= 11 is 1.28. The maximum Gasteiger partial charge on any atom is 0.185 e. The Kier molecular flexibility index (Phi) is 5.24. The van der Waals surface area contributed by atoms with Crippen molar-refractivity contribution in [2.45, 2.75) is 27.2 Å². The van der Waals surface area contributed by atoms with Crippen molar-refractivity contribution in [2.75, 3.05) is 5.75 Å². The number of halogens is 1. The third-order valence-corrected chi connectivity index (χ3v) is 3.06. The Morgan fingerprint density at radius 1 is 1.35 bits per heavy atom. The molecule has 0 saturated carbocycles. The fourth-order valence-corrected chi connectivity index (χ4v) is 2.00. The van der Waals surface area contributed by atoms with Gasteiger partial charge in [-0.25, -0.2) is 4.39 Å². The molecule has 0 N–H and O–H groups in total. The lowest BCUT2D eigenvalue weighted by Crippen LogP contribution is -1.90. The van der Waals surface area contributed by atoms with Crippen LogP contribution < -0.4 is 0 Å². The molecule has 1 nitrogen and oxygen atoms in total. The minimum atomic E-state index is -0.224. The zero-order valence-electron chi connectivity index (χ0n) is 10.3. The summed E-state index contributed by atoms with van der Waals surface area (Å²) in [4.78, 5) is 10.7. The SMILES string of the molecule is CC(=O)SCCC#Cc1c(C)cc(F)cc1C. The van der Waals surface area contributed by atoms with Crippen molar-refractivity contribution in [3.05, 3.63) is 34.6 Å². The Morgan fingerprint density at radius 3 is 2.47 bits per heavy atom. The molecule has 0 spiro atoms. The van der Waals surface area contributed by atoms with E-state index in [1.54, 1.807) is 6.92 Å². The van der Waals surface area contributed by atoms with Crippen LogP contribution in [0.3, 0.4) is 0 Å². The summed E-state index contributed by atoms with van der Waals surface area (Å²) in [6, 6.07) is 2.97. The van der Waals surface area contributed by atoms with Crippen LogP contribution in [0.15, 0.2) is 12.1 Å². The molecule has 17 heavy (non-hydrogen) atoms. The van der Waals surface area contributed by atoms with Crippen molar-refractivity contribution < 1.29 is 9.18 Å². The smallest absolute Gasteiger partial charge is 0.185 e. The fraction of sp³-hybridized carbons (Fsp3) is 0.357. The number of hydrogen-bond donors (Lipinski definition) is 0. The lowest BCUT2D eigenvalue weighted by Gasteiger charge is -2.02. The Hall–Kier alpha value is -1.27. The highest BCUT2D eigenvalue weighted by Crippen LogP contribution is 2.14. The first-order chi connectivity index (χ1) is 8.00. The predicted octanol–water partition coefficient (Wildman–Crippen LogP) is 3.46. The Bertz CT molecular complexity index is 460. The van der Waals surface area contributed by atoms with Crippen molar-refractivity contribution in [1.82, 2.24) is 0 Å². The fourth-order valence-electron chi connectivity index (χ4n) is 1.50. The Morgan fingerprint density at radius 2 is 1.94 bits per heavy atom. The second kappa shape index (κ2) is 6.46. The van der Waals surface area contributed by atoms with Gasteiger partial charge in [0.05, 0.1) is 0 Å². The summed E-state index contributed by atoms with van der Waals surface area (Å²) in [5.41, 5.74) is 2.60. The summed E-state index contributed by atoms with van der Waals surface area (Å²) in [6.45, 7) is 5.25. The summed E-state index contributed by atoms with van der Waals surface area (Å²) in [5.74, 6) is 6.54. The number of thioether (sulfide) groups is 1. The van der Waals surface area contributed by atoms with Gasteiger partial charge in [-0.1, -0.05) is 23.6 Å². The third-order valence-electron chi connectivity index (χ3n) is 2.24. The van der Waals surface area contributed by atoms with Gasteiger partial charge < -0.3 is 0 Å². The van der Waals surface area contributed by atoms with Gasteiger partial charge in [0.2, 0.25) is 0 Å². The zero-order chi connectivity index (χ0) is 12.8. The molecule has 0 aliphatic heterocycles. The summed E-state index contributed by atoms with van der Waals surface area (Å²) < 4.78 is 13.1. The molecule has 3 heteroatoms. The molecule has 0 amide bonds. The van der Waals surface area contributed by atoms with E-state index in [1.165, 1.54) is 23.9 Å². The minimum Gasteiger partial charge on any atom is -0.288 e. The molecule has 0 atom stereocenters. The van der Waals surface area contributed by atoms with Gasteiger partial charge >= 0.3 is 0 Å². The first-order valence-electron chi connectivity index (χ1n) is 5.39. The molecule has 0 radical (unpaired) electrons.